The summed E-state index contributed by atoms with van der Waals surface area (Å²) in [4.78, 5) is 2.48. The Hall–Kier alpha value is -5.92. The molecule has 1 heteroatoms. The molecule has 0 amide bonds. The quantitative estimate of drug-likeness (QED) is 0.183. The molecule has 234 valence electrons. The highest BCUT2D eigenvalue weighted by molar-refractivity contribution is 6.06. The molecule has 1 aliphatic rings. The molecule has 0 atom stereocenters. The highest BCUT2D eigenvalue weighted by Gasteiger charge is 2.37. The monoisotopic (exact) mass is 627 g/mol. The van der Waals surface area contributed by atoms with Gasteiger partial charge in [0.2, 0.25) is 0 Å². The molecule has 0 bridgehead atoms. The van der Waals surface area contributed by atoms with E-state index in [4.69, 9.17) is 0 Å². The van der Waals surface area contributed by atoms with E-state index in [9.17, 15) is 0 Å². The van der Waals surface area contributed by atoms with E-state index in [0.29, 0.717) is 0 Å². The summed E-state index contributed by atoms with van der Waals surface area (Å²) in [7, 11) is 0. The summed E-state index contributed by atoms with van der Waals surface area (Å²) in [5, 5.41) is 4.95. The van der Waals surface area contributed by atoms with Crippen LogP contribution in [0.2, 0.25) is 0 Å². The first-order valence-corrected chi connectivity index (χ1v) is 17.2. The van der Waals surface area contributed by atoms with E-state index in [-0.39, 0.29) is 5.41 Å². The van der Waals surface area contributed by atoms with Crippen LogP contribution in [0.25, 0.3) is 54.9 Å². The van der Waals surface area contributed by atoms with Gasteiger partial charge in [-0.25, -0.2) is 0 Å². The van der Waals surface area contributed by atoms with E-state index in [1.807, 2.05) is 0 Å². The second-order valence-electron chi connectivity index (χ2n) is 13.8. The minimum absolute atomic E-state index is 0.164. The maximum Gasteiger partial charge on any atom is 0.0546 e. The standard InChI is InChI=1S/C48H37N/c1-32-14-7-11-20-39(32)47-41-21-12-10-18-35(41)25-29-45(47)49(37-26-24-33-15-8-9-19-36(33)30-37)38-27-28-42-44(31-38)48(2,3)43-23-13-22-40(46(42)43)34-16-5-4-6-17-34/h4-31H,1-3H3. The van der Waals surface area contributed by atoms with Crippen LogP contribution in [0.4, 0.5) is 17.1 Å². The van der Waals surface area contributed by atoms with Crippen molar-refractivity contribution in [3.05, 3.63) is 187 Å². The molecule has 1 nitrogen and oxygen atoms in total. The predicted molar refractivity (Wildman–Crippen MR) is 209 cm³/mol. The molecule has 0 aliphatic heterocycles. The maximum absolute atomic E-state index is 2.48. The zero-order valence-electron chi connectivity index (χ0n) is 28.1. The van der Waals surface area contributed by atoms with Gasteiger partial charge in [-0.1, -0.05) is 153 Å². The molecular formula is C48H37N. The van der Waals surface area contributed by atoms with Gasteiger partial charge in [-0.2, -0.15) is 0 Å². The predicted octanol–water partition coefficient (Wildman–Crippen LogP) is 13.4. The zero-order valence-corrected chi connectivity index (χ0v) is 28.1. The summed E-state index contributed by atoms with van der Waals surface area (Å²) in [5.74, 6) is 0. The molecule has 0 fully saturated rings. The lowest BCUT2D eigenvalue weighted by atomic mass is 9.81. The third-order valence-corrected chi connectivity index (χ3v) is 10.6. The van der Waals surface area contributed by atoms with Gasteiger partial charge in [0.25, 0.3) is 0 Å². The van der Waals surface area contributed by atoms with Crippen LogP contribution in [0, 0.1) is 6.92 Å². The molecule has 0 aromatic heterocycles. The number of fused-ring (bicyclic) bond motifs is 5. The number of nitrogens with zero attached hydrogens (tertiary/aromatic N) is 1. The van der Waals surface area contributed by atoms with Crippen LogP contribution < -0.4 is 4.90 Å². The van der Waals surface area contributed by atoms with E-state index >= 15 is 0 Å². The van der Waals surface area contributed by atoms with Crippen LogP contribution >= 0.6 is 0 Å². The number of rotatable bonds is 5. The zero-order chi connectivity index (χ0) is 33.1. The van der Waals surface area contributed by atoms with E-state index < -0.39 is 0 Å². The molecule has 0 radical (unpaired) electrons. The summed E-state index contributed by atoms with van der Waals surface area (Å²) in [6.45, 7) is 6.98. The van der Waals surface area contributed by atoms with E-state index in [1.165, 1.54) is 77.3 Å². The Morgan fingerprint density at radius 3 is 1.92 bits per heavy atom. The molecule has 0 spiro atoms. The Labute approximate surface area is 288 Å². The minimum atomic E-state index is -0.164. The van der Waals surface area contributed by atoms with Gasteiger partial charge in [-0.3, -0.25) is 0 Å². The average Bonchev–Trinajstić information content (AvgIpc) is 3.38. The van der Waals surface area contributed by atoms with Gasteiger partial charge in [0.1, 0.15) is 0 Å². The van der Waals surface area contributed by atoms with Crippen molar-refractivity contribution in [3.8, 4) is 33.4 Å². The molecule has 0 unspecified atom stereocenters. The van der Waals surface area contributed by atoms with E-state index in [1.54, 1.807) is 0 Å². The van der Waals surface area contributed by atoms with Crippen LogP contribution in [0.3, 0.4) is 0 Å². The number of anilines is 3. The average molecular weight is 628 g/mol. The fourth-order valence-corrected chi connectivity index (χ4v) is 8.10. The first-order chi connectivity index (χ1) is 24.0. The van der Waals surface area contributed by atoms with Gasteiger partial charge in [0.15, 0.2) is 0 Å². The van der Waals surface area contributed by atoms with Gasteiger partial charge in [-0.05, 0) is 103 Å². The molecule has 9 rings (SSSR count). The first-order valence-electron chi connectivity index (χ1n) is 17.2. The lowest BCUT2D eigenvalue weighted by molar-refractivity contribution is 0.660. The van der Waals surface area contributed by atoms with Crippen molar-refractivity contribution in [1.29, 1.82) is 0 Å². The fraction of sp³-hybridized carbons (Fsp3) is 0.0833. The number of benzene rings is 8. The summed E-state index contributed by atoms with van der Waals surface area (Å²) >= 11 is 0. The lowest BCUT2D eigenvalue weighted by Crippen LogP contribution is -2.17. The van der Waals surface area contributed by atoms with Crippen LogP contribution in [0.15, 0.2) is 170 Å². The van der Waals surface area contributed by atoms with E-state index in [2.05, 4.69) is 196 Å². The molecule has 8 aromatic rings. The van der Waals surface area contributed by atoms with Crippen LogP contribution in [0.5, 0.6) is 0 Å². The van der Waals surface area contributed by atoms with Crippen molar-refractivity contribution in [2.45, 2.75) is 26.2 Å². The lowest BCUT2D eigenvalue weighted by Gasteiger charge is -2.31. The third kappa shape index (κ3) is 4.69. The summed E-state index contributed by atoms with van der Waals surface area (Å²) in [5.41, 5.74) is 15.0. The second kappa shape index (κ2) is 11.4. The fourth-order valence-electron chi connectivity index (χ4n) is 8.10. The van der Waals surface area contributed by atoms with Crippen molar-refractivity contribution in [1.82, 2.24) is 0 Å². The maximum atomic E-state index is 2.48. The minimum Gasteiger partial charge on any atom is -0.310 e. The Morgan fingerprint density at radius 1 is 0.429 bits per heavy atom. The second-order valence-corrected chi connectivity index (χ2v) is 13.8. The van der Waals surface area contributed by atoms with Crippen molar-refractivity contribution >= 4 is 38.6 Å². The smallest absolute Gasteiger partial charge is 0.0546 e. The molecule has 8 aromatic carbocycles. The van der Waals surface area contributed by atoms with Crippen LogP contribution in [0.1, 0.15) is 30.5 Å². The molecule has 0 saturated carbocycles. The molecule has 0 N–H and O–H groups in total. The van der Waals surface area contributed by atoms with Gasteiger partial charge >= 0.3 is 0 Å². The normalized spacial score (nSPS) is 13.0. The SMILES string of the molecule is Cc1ccccc1-c1c(N(c2ccc3c(c2)C(C)(C)c2cccc(-c4ccccc4)c2-3)c2ccc3ccccc3c2)ccc2ccccc12. The molecular weight excluding hydrogens is 591 g/mol. The van der Waals surface area contributed by atoms with Gasteiger partial charge in [0, 0.05) is 22.4 Å². The highest BCUT2D eigenvalue weighted by Crippen LogP contribution is 2.54. The van der Waals surface area contributed by atoms with Gasteiger partial charge in [-0.15, -0.1) is 0 Å². The number of aryl methyl sites for hydroxylation is 1. The van der Waals surface area contributed by atoms with Gasteiger partial charge < -0.3 is 4.90 Å². The molecule has 1 aliphatic carbocycles. The van der Waals surface area contributed by atoms with Crippen molar-refractivity contribution < 1.29 is 0 Å². The largest absolute Gasteiger partial charge is 0.310 e. The third-order valence-electron chi connectivity index (χ3n) is 10.6. The number of hydrogen-bond donors (Lipinski definition) is 0. The highest BCUT2D eigenvalue weighted by atomic mass is 15.1. The number of hydrogen-bond acceptors (Lipinski definition) is 1. The van der Waals surface area contributed by atoms with Crippen molar-refractivity contribution in [2.75, 3.05) is 4.90 Å². The topological polar surface area (TPSA) is 3.24 Å². The van der Waals surface area contributed by atoms with Crippen LogP contribution in [-0.4, -0.2) is 0 Å². The molecule has 0 heterocycles. The summed E-state index contributed by atoms with van der Waals surface area (Å²) in [6, 6.07) is 62.5. The Balaban J connectivity index is 1.32. The molecule has 49 heavy (non-hydrogen) atoms. The van der Waals surface area contributed by atoms with E-state index in [0.717, 1.165) is 11.4 Å². The summed E-state index contributed by atoms with van der Waals surface area (Å²) < 4.78 is 0. The summed E-state index contributed by atoms with van der Waals surface area (Å²) in [6.07, 6.45) is 0. The Kier molecular flexibility index (Phi) is 6.78. The Morgan fingerprint density at radius 2 is 1.08 bits per heavy atom. The Bertz CT molecular complexity index is 2540. The van der Waals surface area contributed by atoms with Crippen molar-refractivity contribution in [3.63, 3.8) is 0 Å². The molecule has 0 saturated heterocycles. The van der Waals surface area contributed by atoms with Crippen molar-refractivity contribution in [2.24, 2.45) is 0 Å². The van der Waals surface area contributed by atoms with Gasteiger partial charge in [0.05, 0.1) is 5.69 Å². The van der Waals surface area contributed by atoms with Crippen LogP contribution in [-0.2, 0) is 5.41 Å². The first kappa shape index (κ1) is 29.2.